The molecule has 1 rings (SSSR count). The van der Waals surface area contributed by atoms with Crippen molar-refractivity contribution < 1.29 is 14.7 Å². The van der Waals surface area contributed by atoms with E-state index in [-0.39, 0.29) is 18.5 Å². The standard InChI is InChI=1S/C11H15N5O3/c1-8(3-12)5-15(2)11(19)14-9-4-13-16(6-9)7-10(17)18/h4,6,8H,5,7H2,1-2H3,(H,14,19)(H,17,18). The van der Waals surface area contributed by atoms with Crippen LogP contribution in [0.25, 0.3) is 0 Å². The van der Waals surface area contributed by atoms with E-state index in [1.807, 2.05) is 6.07 Å². The van der Waals surface area contributed by atoms with E-state index in [1.165, 1.54) is 22.0 Å². The molecule has 2 amide bonds. The number of urea groups is 1. The van der Waals surface area contributed by atoms with Crippen molar-refractivity contribution in [1.82, 2.24) is 14.7 Å². The van der Waals surface area contributed by atoms with Crippen molar-refractivity contribution in [2.24, 2.45) is 5.92 Å². The van der Waals surface area contributed by atoms with Gasteiger partial charge in [0.2, 0.25) is 0 Å². The van der Waals surface area contributed by atoms with Crippen LogP contribution in [0.5, 0.6) is 0 Å². The van der Waals surface area contributed by atoms with Gasteiger partial charge in [0.1, 0.15) is 6.54 Å². The van der Waals surface area contributed by atoms with Crippen LogP contribution in [0.15, 0.2) is 12.4 Å². The molecule has 0 aliphatic heterocycles. The fraction of sp³-hybridized carbons (Fsp3) is 0.455. The topological polar surface area (TPSA) is 111 Å². The average molecular weight is 265 g/mol. The first-order chi connectivity index (χ1) is 8.92. The number of nitrogens with one attached hydrogen (secondary N) is 1. The number of carboxylic acid groups (broad SMARTS) is 1. The highest BCUT2D eigenvalue weighted by atomic mass is 16.4. The number of carbonyl (C=O) groups is 2. The van der Waals surface area contributed by atoms with Crippen molar-refractivity contribution in [3.8, 4) is 6.07 Å². The summed E-state index contributed by atoms with van der Waals surface area (Å²) in [7, 11) is 1.57. The monoisotopic (exact) mass is 265 g/mol. The molecule has 0 aliphatic carbocycles. The number of hydrogen-bond acceptors (Lipinski definition) is 4. The fourth-order valence-corrected chi connectivity index (χ4v) is 1.41. The van der Waals surface area contributed by atoms with Crippen LogP contribution in [0.2, 0.25) is 0 Å². The normalized spacial score (nSPS) is 11.4. The third-order valence-electron chi connectivity index (χ3n) is 2.30. The maximum atomic E-state index is 11.7. The molecule has 0 fully saturated rings. The van der Waals surface area contributed by atoms with Crippen LogP contribution < -0.4 is 5.32 Å². The van der Waals surface area contributed by atoms with E-state index in [4.69, 9.17) is 10.4 Å². The van der Waals surface area contributed by atoms with Crippen molar-refractivity contribution in [3.63, 3.8) is 0 Å². The minimum Gasteiger partial charge on any atom is -0.480 e. The zero-order chi connectivity index (χ0) is 14.4. The molecular formula is C11H15N5O3. The Hall–Kier alpha value is -2.56. The summed E-state index contributed by atoms with van der Waals surface area (Å²) in [6, 6.07) is 1.66. The van der Waals surface area contributed by atoms with Gasteiger partial charge < -0.3 is 15.3 Å². The second-order valence-corrected chi connectivity index (χ2v) is 4.16. The second-order valence-electron chi connectivity index (χ2n) is 4.16. The lowest BCUT2D eigenvalue weighted by Crippen LogP contribution is -2.34. The van der Waals surface area contributed by atoms with E-state index in [1.54, 1.807) is 14.0 Å². The molecule has 1 heterocycles. The summed E-state index contributed by atoms with van der Waals surface area (Å²) >= 11 is 0. The first-order valence-electron chi connectivity index (χ1n) is 5.58. The molecule has 0 bridgehead atoms. The minimum atomic E-state index is -1.01. The molecule has 8 nitrogen and oxygen atoms in total. The summed E-state index contributed by atoms with van der Waals surface area (Å²) < 4.78 is 1.20. The minimum absolute atomic E-state index is 0.259. The summed E-state index contributed by atoms with van der Waals surface area (Å²) in [5, 5.41) is 23.6. The van der Waals surface area contributed by atoms with Gasteiger partial charge in [-0.05, 0) is 6.92 Å². The Morgan fingerprint density at radius 3 is 2.95 bits per heavy atom. The highest BCUT2D eigenvalue weighted by Crippen LogP contribution is 2.06. The molecule has 2 N–H and O–H groups in total. The Labute approximate surface area is 110 Å². The fourth-order valence-electron chi connectivity index (χ4n) is 1.41. The number of aromatic nitrogens is 2. The van der Waals surface area contributed by atoms with Gasteiger partial charge in [-0.25, -0.2) is 4.79 Å². The van der Waals surface area contributed by atoms with E-state index in [0.717, 1.165) is 0 Å². The van der Waals surface area contributed by atoms with Gasteiger partial charge in [0.05, 0.1) is 23.9 Å². The second kappa shape index (κ2) is 6.39. The average Bonchev–Trinajstić information content (AvgIpc) is 2.75. The number of carboxylic acids is 1. The summed E-state index contributed by atoms with van der Waals surface area (Å²) in [5.41, 5.74) is 0.405. The van der Waals surface area contributed by atoms with Crippen LogP contribution in [-0.2, 0) is 11.3 Å². The summed E-state index contributed by atoms with van der Waals surface area (Å²) in [6.07, 6.45) is 2.79. The van der Waals surface area contributed by atoms with Gasteiger partial charge in [-0.3, -0.25) is 9.48 Å². The summed E-state index contributed by atoms with van der Waals surface area (Å²) in [6.45, 7) is 1.76. The number of amides is 2. The molecule has 0 saturated heterocycles. The van der Waals surface area contributed by atoms with Gasteiger partial charge in [0, 0.05) is 19.8 Å². The molecule has 1 unspecified atom stereocenters. The van der Waals surface area contributed by atoms with Crippen LogP contribution in [-0.4, -0.2) is 45.4 Å². The maximum absolute atomic E-state index is 11.7. The van der Waals surface area contributed by atoms with Crippen LogP contribution in [0, 0.1) is 17.2 Å². The molecule has 0 aromatic carbocycles. The lowest BCUT2D eigenvalue weighted by Gasteiger charge is -2.18. The Morgan fingerprint density at radius 2 is 2.37 bits per heavy atom. The predicted molar refractivity (Wildman–Crippen MR) is 66.3 cm³/mol. The van der Waals surface area contributed by atoms with Gasteiger partial charge in [-0.15, -0.1) is 0 Å². The molecule has 0 saturated carbocycles. The molecule has 1 aromatic heterocycles. The third kappa shape index (κ3) is 4.67. The first-order valence-corrected chi connectivity index (χ1v) is 5.58. The van der Waals surface area contributed by atoms with Crippen molar-refractivity contribution in [2.75, 3.05) is 18.9 Å². The molecule has 1 aromatic rings. The largest absolute Gasteiger partial charge is 0.480 e. The third-order valence-corrected chi connectivity index (χ3v) is 2.30. The lowest BCUT2D eigenvalue weighted by molar-refractivity contribution is -0.137. The van der Waals surface area contributed by atoms with Gasteiger partial charge >= 0.3 is 12.0 Å². The predicted octanol–water partition coefficient (Wildman–Crippen LogP) is 0.591. The van der Waals surface area contributed by atoms with E-state index < -0.39 is 5.97 Å². The maximum Gasteiger partial charge on any atom is 0.325 e. The van der Waals surface area contributed by atoms with E-state index >= 15 is 0 Å². The van der Waals surface area contributed by atoms with Crippen molar-refractivity contribution >= 4 is 17.7 Å². The van der Waals surface area contributed by atoms with Crippen molar-refractivity contribution in [3.05, 3.63) is 12.4 Å². The van der Waals surface area contributed by atoms with Gasteiger partial charge in [0.25, 0.3) is 0 Å². The van der Waals surface area contributed by atoms with Gasteiger partial charge in [-0.1, -0.05) is 0 Å². The van der Waals surface area contributed by atoms with Crippen molar-refractivity contribution in [2.45, 2.75) is 13.5 Å². The quantitative estimate of drug-likeness (QED) is 0.809. The number of anilines is 1. The SMILES string of the molecule is CC(C#N)CN(C)C(=O)Nc1cnn(CC(=O)O)c1. The van der Waals surface area contributed by atoms with E-state index in [0.29, 0.717) is 12.2 Å². The number of nitrogens with zero attached hydrogens (tertiary/aromatic N) is 4. The molecule has 0 spiro atoms. The van der Waals surface area contributed by atoms with Crippen LogP contribution in [0.4, 0.5) is 10.5 Å². The highest BCUT2D eigenvalue weighted by Gasteiger charge is 2.13. The van der Waals surface area contributed by atoms with E-state index in [2.05, 4.69) is 10.4 Å². The number of hydrogen-bond donors (Lipinski definition) is 2. The Balaban J connectivity index is 2.55. The van der Waals surface area contributed by atoms with E-state index in [9.17, 15) is 9.59 Å². The summed E-state index contributed by atoms with van der Waals surface area (Å²) in [5.74, 6) is -1.27. The number of nitriles is 1. The first kappa shape index (κ1) is 14.5. The zero-order valence-corrected chi connectivity index (χ0v) is 10.7. The molecule has 19 heavy (non-hydrogen) atoms. The molecular weight excluding hydrogens is 250 g/mol. The number of rotatable bonds is 5. The molecule has 0 aliphatic rings. The zero-order valence-electron chi connectivity index (χ0n) is 10.7. The molecule has 102 valence electrons. The lowest BCUT2D eigenvalue weighted by atomic mass is 10.2. The van der Waals surface area contributed by atoms with Gasteiger partial charge in [0.15, 0.2) is 0 Å². The Kier molecular flexibility index (Phi) is 4.88. The number of carbonyl (C=O) groups excluding carboxylic acids is 1. The molecule has 8 heteroatoms. The summed E-state index contributed by atoms with van der Waals surface area (Å²) in [4.78, 5) is 23.6. The molecule has 1 atom stereocenters. The molecule has 0 radical (unpaired) electrons. The Bertz CT molecular complexity index is 505. The Morgan fingerprint density at radius 1 is 1.68 bits per heavy atom. The smallest absolute Gasteiger partial charge is 0.325 e. The van der Waals surface area contributed by atoms with Crippen LogP contribution >= 0.6 is 0 Å². The van der Waals surface area contributed by atoms with Gasteiger partial charge in [-0.2, -0.15) is 10.4 Å². The highest BCUT2D eigenvalue weighted by molar-refractivity contribution is 5.88. The van der Waals surface area contributed by atoms with Crippen LogP contribution in [0.1, 0.15) is 6.92 Å². The number of aliphatic carboxylic acids is 1. The van der Waals surface area contributed by atoms with Crippen LogP contribution in [0.3, 0.4) is 0 Å². The van der Waals surface area contributed by atoms with Crippen molar-refractivity contribution in [1.29, 1.82) is 5.26 Å².